The molecule has 2 bridgehead atoms. The fourth-order valence-electron chi connectivity index (χ4n) is 3.55. The maximum atomic E-state index is 12.5. The number of hydrogen-bond donors (Lipinski definition) is 3. The van der Waals surface area contributed by atoms with Crippen LogP contribution in [-0.2, 0) is 9.47 Å². The Bertz CT molecular complexity index is 656. The number of nitrogens with one attached hydrogen (secondary N) is 2. The number of benzene rings is 1. The van der Waals surface area contributed by atoms with Crippen molar-refractivity contribution in [3.8, 4) is 5.75 Å². The molecule has 1 aromatic rings. The average Bonchev–Trinajstić information content (AvgIpc) is 3.09. The van der Waals surface area contributed by atoms with E-state index >= 15 is 0 Å². The summed E-state index contributed by atoms with van der Waals surface area (Å²) in [6, 6.07) is 5.70. The summed E-state index contributed by atoms with van der Waals surface area (Å²) in [7, 11) is 7.51. The summed E-state index contributed by atoms with van der Waals surface area (Å²) in [5.41, 5.74) is 0.629. The second-order valence-corrected chi connectivity index (χ2v) is 7.49. The Labute approximate surface area is 165 Å². The molecule has 0 aromatic heterocycles. The number of carbonyl (C=O) groups is 1. The van der Waals surface area contributed by atoms with E-state index in [4.69, 9.17) is 14.2 Å². The van der Waals surface area contributed by atoms with Crippen molar-refractivity contribution in [1.29, 1.82) is 0 Å². The number of fused-ring (bicyclic) bond motifs is 2. The largest absolute Gasteiger partial charge is 0.497 e. The first-order valence-electron chi connectivity index (χ1n) is 9.40. The third-order valence-electron chi connectivity index (χ3n) is 5.19. The van der Waals surface area contributed by atoms with Crippen LogP contribution in [0.4, 0.5) is 10.5 Å². The maximum Gasteiger partial charge on any atom is 0.319 e. The van der Waals surface area contributed by atoms with Crippen LogP contribution in [0.3, 0.4) is 0 Å². The lowest BCUT2D eigenvalue weighted by Gasteiger charge is -2.42. The summed E-state index contributed by atoms with van der Waals surface area (Å²) in [5, 5.41) is 16.6. The monoisotopic (exact) mass is 394 g/mol. The number of rotatable bonds is 7. The number of carbonyl (C=O) groups excluding carboxylic acids is 1. The van der Waals surface area contributed by atoms with E-state index < -0.39 is 24.5 Å². The number of urea groups is 1. The molecule has 9 heteroatoms. The van der Waals surface area contributed by atoms with E-state index in [1.807, 2.05) is 26.0 Å². The van der Waals surface area contributed by atoms with E-state index in [-0.39, 0.29) is 12.1 Å². The Morgan fingerprint density at radius 1 is 1.25 bits per heavy atom. The first-order chi connectivity index (χ1) is 13.4. The highest BCUT2D eigenvalue weighted by Crippen LogP contribution is 2.31. The lowest BCUT2D eigenvalue weighted by Crippen LogP contribution is -2.65. The molecule has 2 saturated heterocycles. The zero-order valence-corrected chi connectivity index (χ0v) is 16.8. The van der Waals surface area contributed by atoms with Crippen molar-refractivity contribution in [2.24, 2.45) is 0 Å². The van der Waals surface area contributed by atoms with E-state index in [1.165, 1.54) is 0 Å². The highest BCUT2D eigenvalue weighted by atomic mass is 16.7. The summed E-state index contributed by atoms with van der Waals surface area (Å²) in [4.78, 5) is 16.6. The van der Waals surface area contributed by atoms with Crippen LogP contribution >= 0.6 is 0 Å². The Hall–Kier alpha value is -1.91. The van der Waals surface area contributed by atoms with Crippen LogP contribution in [0.2, 0.25) is 0 Å². The molecule has 2 amide bonds. The molecule has 3 N–H and O–H groups in total. The van der Waals surface area contributed by atoms with Gasteiger partial charge in [0.15, 0.2) is 6.29 Å². The van der Waals surface area contributed by atoms with Gasteiger partial charge in [0.25, 0.3) is 0 Å². The quantitative estimate of drug-likeness (QED) is 0.606. The zero-order chi connectivity index (χ0) is 20.3. The van der Waals surface area contributed by atoms with E-state index in [9.17, 15) is 9.90 Å². The molecule has 9 nitrogen and oxygen atoms in total. The van der Waals surface area contributed by atoms with Gasteiger partial charge in [0.2, 0.25) is 0 Å². The van der Waals surface area contributed by atoms with Crippen molar-refractivity contribution < 1.29 is 24.1 Å². The van der Waals surface area contributed by atoms with Crippen LogP contribution in [0.5, 0.6) is 5.75 Å². The topological polar surface area (TPSA) is 95.5 Å². The van der Waals surface area contributed by atoms with Crippen molar-refractivity contribution >= 4 is 11.7 Å². The Balaban J connectivity index is 1.62. The molecule has 5 atom stereocenters. The predicted molar refractivity (Wildman–Crippen MR) is 105 cm³/mol. The SMILES string of the molecule is COc1ccc(NC(=O)N[C@H]2[C@H](O)[C@@H](N(C)CCN(C)C)[C@@H]3OC[C@H]2O3)cc1. The molecule has 2 fully saturated rings. The van der Waals surface area contributed by atoms with Gasteiger partial charge in [-0.2, -0.15) is 0 Å². The highest BCUT2D eigenvalue weighted by molar-refractivity contribution is 5.89. The van der Waals surface area contributed by atoms with Crippen molar-refractivity contribution in [1.82, 2.24) is 15.1 Å². The van der Waals surface area contributed by atoms with Crippen LogP contribution in [-0.4, -0.2) is 99.5 Å². The number of aliphatic hydroxyl groups excluding tert-OH is 1. The Kier molecular flexibility index (Phi) is 6.73. The molecule has 0 saturated carbocycles. The third-order valence-corrected chi connectivity index (χ3v) is 5.19. The summed E-state index contributed by atoms with van der Waals surface area (Å²) < 4.78 is 16.7. The molecule has 3 rings (SSSR count). The molecule has 28 heavy (non-hydrogen) atoms. The highest BCUT2D eigenvalue weighted by Gasteiger charge is 2.51. The summed E-state index contributed by atoms with van der Waals surface area (Å²) >= 11 is 0. The number of amides is 2. The van der Waals surface area contributed by atoms with Crippen LogP contribution in [0.25, 0.3) is 0 Å². The Morgan fingerprint density at radius 2 is 1.96 bits per heavy atom. The lowest BCUT2D eigenvalue weighted by molar-refractivity contribution is -0.177. The molecule has 0 aliphatic carbocycles. The number of ether oxygens (including phenoxy) is 3. The van der Waals surface area contributed by atoms with Crippen LogP contribution < -0.4 is 15.4 Å². The summed E-state index contributed by atoms with van der Waals surface area (Å²) in [6.07, 6.45) is -1.67. The zero-order valence-electron chi connectivity index (χ0n) is 16.8. The van der Waals surface area contributed by atoms with Crippen molar-refractivity contribution in [2.45, 2.75) is 30.6 Å². The van der Waals surface area contributed by atoms with Crippen molar-refractivity contribution in [3.63, 3.8) is 0 Å². The second kappa shape index (κ2) is 9.06. The number of aliphatic hydroxyl groups is 1. The lowest BCUT2D eigenvalue weighted by atomic mass is 9.95. The molecular formula is C19H30N4O5. The number of anilines is 1. The molecule has 2 aliphatic rings. The molecule has 156 valence electrons. The van der Waals surface area contributed by atoms with Crippen molar-refractivity contribution in [3.05, 3.63) is 24.3 Å². The predicted octanol–water partition coefficient (Wildman–Crippen LogP) is 0.163. The number of likely N-dealkylation sites (N-methyl/N-ethyl adjacent to an activating group) is 2. The fraction of sp³-hybridized carbons (Fsp3) is 0.632. The van der Waals surface area contributed by atoms with Gasteiger partial charge in [0, 0.05) is 18.8 Å². The van der Waals surface area contributed by atoms with Crippen LogP contribution in [0, 0.1) is 0 Å². The second-order valence-electron chi connectivity index (χ2n) is 7.49. The first kappa shape index (κ1) is 20.8. The maximum absolute atomic E-state index is 12.5. The smallest absolute Gasteiger partial charge is 0.319 e. The van der Waals surface area contributed by atoms with Gasteiger partial charge in [-0.1, -0.05) is 0 Å². The molecule has 1 aromatic carbocycles. The van der Waals surface area contributed by atoms with Crippen LogP contribution in [0.15, 0.2) is 24.3 Å². The standard InChI is InChI=1S/C19H30N4O5/c1-22(2)9-10-23(3)16-17(24)15(14-11-27-18(16)28-14)21-19(25)20-12-5-7-13(26-4)8-6-12/h5-8,14-18,24H,9-11H2,1-4H3,(H2,20,21,25)/t14-,15-,16-,17+,18-/m1/s1. The normalized spacial score (nSPS) is 29.2. The molecule has 0 unspecified atom stereocenters. The Morgan fingerprint density at radius 3 is 2.61 bits per heavy atom. The van der Waals surface area contributed by atoms with Gasteiger partial charge in [0.1, 0.15) is 11.9 Å². The fourth-order valence-corrected chi connectivity index (χ4v) is 3.55. The van der Waals surface area contributed by atoms with Gasteiger partial charge in [0.05, 0.1) is 31.9 Å². The molecular weight excluding hydrogens is 364 g/mol. The van der Waals surface area contributed by atoms with Gasteiger partial charge in [-0.25, -0.2) is 4.79 Å². The van der Waals surface area contributed by atoms with Gasteiger partial charge < -0.3 is 34.9 Å². The van der Waals surface area contributed by atoms with E-state index in [2.05, 4.69) is 15.5 Å². The third kappa shape index (κ3) is 4.73. The van der Waals surface area contributed by atoms with Crippen LogP contribution in [0.1, 0.15) is 0 Å². The minimum Gasteiger partial charge on any atom is -0.497 e. The number of hydrogen-bond acceptors (Lipinski definition) is 7. The van der Waals surface area contributed by atoms with Gasteiger partial charge in [-0.15, -0.1) is 0 Å². The number of methoxy groups -OCH3 is 1. The van der Waals surface area contributed by atoms with Gasteiger partial charge >= 0.3 is 6.03 Å². The minimum absolute atomic E-state index is 0.341. The van der Waals surface area contributed by atoms with Crippen molar-refractivity contribution in [2.75, 3.05) is 53.3 Å². The van der Waals surface area contributed by atoms with Gasteiger partial charge in [-0.05, 0) is 45.4 Å². The number of nitrogens with zero attached hydrogens (tertiary/aromatic N) is 2. The summed E-state index contributed by atoms with van der Waals surface area (Å²) in [6.45, 7) is 1.92. The molecule has 0 radical (unpaired) electrons. The minimum atomic E-state index is -0.806. The van der Waals surface area contributed by atoms with Gasteiger partial charge in [-0.3, -0.25) is 4.90 Å². The van der Waals surface area contributed by atoms with E-state index in [0.29, 0.717) is 18.0 Å². The first-order valence-corrected chi connectivity index (χ1v) is 9.40. The molecule has 2 heterocycles. The average molecular weight is 394 g/mol. The van der Waals surface area contributed by atoms with E-state index in [1.54, 1.807) is 31.4 Å². The molecule has 2 aliphatic heterocycles. The molecule has 0 spiro atoms. The summed E-state index contributed by atoms with van der Waals surface area (Å²) in [5.74, 6) is 0.708. The van der Waals surface area contributed by atoms with E-state index in [0.717, 1.165) is 13.1 Å².